The first-order chi connectivity index (χ1) is 14.1. The van der Waals surface area contributed by atoms with Crippen molar-refractivity contribution in [1.29, 1.82) is 0 Å². The van der Waals surface area contributed by atoms with Gasteiger partial charge in [-0.1, -0.05) is 33.2 Å². The van der Waals surface area contributed by atoms with Crippen LogP contribution in [0.5, 0.6) is 0 Å². The minimum absolute atomic E-state index is 0.171. The Labute approximate surface area is 181 Å². The largest absolute Gasteiger partial charge is 0.353 e. The van der Waals surface area contributed by atoms with Gasteiger partial charge in [-0.2, -0.15) is 4.98 Å². The van der Waals surface area contributed by atoms with Gasteiger partial charge in [0.15, 0.2) is 5.11 Å². The highest BCUT2D eigenvalue weighted by molar-refractivity contribution is 9.10. The van der Waals surface area contributed by atoms with Crippen LogP contribution in [-0.2, 0) is 11.3 Å². The number of thiocarbonyl (C=S) groups is 1. The van der Waals surface area contributed by atoms with E-state index in [1.165, 1.54) is 0 Å². The molecule has 0 unspecified atom stereocenters. The SMILES string of the molecule is O=C1CCCN1c1ccc(NC(=S)NCc2nc(-c3cccc(Br)c3)no2)cc1. The van der Waals surface area contributed by atoms with Gasteiger partial charge in [-0.25, -0.2) is 0 Å². The summed E-state index contributed by atoms with van der Waals surface area (Å²) < 4.78 is 6.23. The number of aromatic nitrogens is 2. The van der Waals surface area contributed by atoms with Crippen molar-refractivity contribution in [1.82, 2.24) is 15.5 Å². The molecule has 2 N–H and O–H groups in total. The number of nitrogens with one attached hydrogen (secondary N) is 2. The second-order valence-corrected chi connectivity index (χ2v) is 7.85. The number of carbonyl (C=O) groups excluding carboxylic acids is 1. The Kier molecular flexibility index (Phi) is 5.86. The molecule has 2 heterocycles. The van der Waals surface area contributed by atoms with Crippen LogP contribution in [0.4, 0.5) is 11.4 Å². The fraction of sp³-hybridized carbons (Fsp3) is 0.200. The van der Waals surface area contributed by atoms with Crippen molar-refractivity contribution in [3.8, 4) is 11.4 Å². The summed E-state index contributed by atoms with van der Waals surface area (Å²) in [6.07, 6.45) is 1.53. The molecule has 0 bridgehead atoms. The third-order valence-corrected chi connectivity index (χ3v) is 5.20. The molecule has 4 rings (SSSR count). The molecule has 1 aromatic heterocycles. The van der Waals surface area contributed by atoms with Crippen LogP contribution >= 0.6 is 28.1 Å². The topological polar surface area (TPSA) is 83.3 Å². The molecule has 1 aliphatic heterocycles. The Balaban J connectivity index is 1.31. The van der Waals surface area contributed by atoms with Gasteiger partial charge in [0, 0.05) is 34.4 Å². The maximum Gasteiger partial charge on any atom is 0.246 e. The molecule has 0 spiro atoms. The molecule has 148 valence electrons. The van der Waals surface area contributed by atoms with Crippen LogP contribution in [-0.4, -0.2) is 27.7 Å². The summed E-state index contributed by atoms with van der Waals surface area (Å²) in [5, 5.41) is 10.6. The van der Waals surface area contributed by atoms with Gasteiger partial charge in [-0.05, 0) is 55.0 Å². The Morgan fingerprint density at radius 2 is 2.07 bits per heavy atom. The van der Waals surface area contributed by atoms with E-state index in [1.807, 2.05) is 48.5 Å². The highest BCUT2D eigenvalue weighted by Crippen LogP contribution is 2.23. The molecule has 0 atom stereocenters. The van der Waals surface area contributed by atoms with E-state index in [4.69, 9.17) is 16.7 Å². The van der Waals surface area contributed by atoms with Crippen LogP contribution < -0.4 is 15.5 Å². The summed E-state index contributed by atoms with van der Waals surface area (Å²) in [6, 6.07) is 15.3. The predicted octanol–water partition coefficient (Wildman–Crippen LogP) is 4.11. The van der Waals surface area contributed by atoms with Gasteiger partial charge in [0.25, 0.3) is 0 Å². The standard InChI is InChI=1S/C20H18BrN5O2S/c21-14-4-1-3-13(11-14)19-24-17(28-25-19)12-22-20(29)23-15-6-8-16(9-7-15)26-10-2-5-18(26)27/h1,3-4,6-9,11H,2,5,10,12H2,(H2,22,23,29). The average Bonchev–Trinajstić information content (AvgIpc) is 3.36. The van der Waals surface area contributed by atoms with Crippen LogP contribution in [0.25, 0.3) is 11.4 Å². The summed E-state index contributed by atoms with van der Waals surface area (Å²) in [7, 11) is 0. The summed E-state index contributed by atoms with van der Waals surface area (Å²) >= 11 is 8.76. The van der Waals surface area contributed by atoms with Crippen molar-refractivity contribution in [3.05, 3.63) is 58.9 Å². The van der Waals surface area contributed by atoms with Gasteiger partial charge in [0.1, 0.15) is 0 Å². The molecule has 1 amide bonds. The van der Waals surface area contributed by atoms with Crippen LogP contribution in [0.2, 0.25) is 0 Å². The molecule has 2 aromatic carbocycles. The molecular weight excluding hydrogens is 454 g/mol. The van der Waals surface area contributed by atoms with Crippen molar-refractivity contribution in [3.63, 3.8) is 0 Å². The molecule has 1 saturated heterocycles. The number of halogens is 1. The summed E-state index contributed by atoms with van der Waals surface area (Å²) in [5.74, 6) is 1.13. The fourth-order valence-corrected chi connectivity index (χ4v) is 3.64. The Hall–Kier alpha value is -2.78. The Morgan fingerprint density at radius 3 is 2.79 bits per heavy atom. The van der Waals surface area contributed by atoms with E-state index in [9.17, 15) is 4.79 Å². The zero-order valence-electron chi connectivity index (χ0n) is 15.4. The predicted molar refractivity (Wildman–Crippen MR) is 119 cm³/mol. The summed E-state index contributed by atoms with van der Waals surface area (Å²) in [5.41, 5.74) is 2.60. The van der Waals surface area contributed by atoms with Crippen molar-refractivity contribution in [2.75, 3.05) is 16.8 Å². The quantitative estimate of drug-likeness (QED) is 0.541. The van der Waals surface area contributed by atoms with E-state index in [-0.39, 0.29) is 5.91 Å². The Bertz CT molecular complexity index is 1040. The smallest absolute Gasteiger partial charge is 0.246 e. The van der Waals surface area contributed by atoms with Crippen LogP contribution in [0.3, 0.4) is 0 Å². The first-order valence-corrected chi connectivity index (χ1v) is 10.3. The zero-order chi connectivity index (χ0) is 20.2. The second kappa shape index (κ2) is 8.71. The molecule has 0 radical (unpaired) electrons. The minimum Gasteiger partial charge on any atom is -0.353 e. The fourth-order valence-electron chi connectivity index (χ4n) is 3.05. The normalized spacial score (nSPS) is 13.6. The van der Waals surface area contributed by atoms with E-state index in [0.717, 1.165) is 34.4 Å². The molecule has 0 saturated carbocycles. The number of rotatable bonds is 5. The zero-order valence-corrected chi connectivity index (χ0v) is 17.8. The number of hydrogen-bond donors (Lipinski definition) is 2. The molecule has 9 heteroatoms. The van der Waals surface area contributed by atoms with Gasteiger partial charge < -0.3 is 20.1 Å². The lowest BCUT2D eigenvalue weighted by molar-refractivity contribution is -0.117. The maximum absolute atomic E-state index is 11.8. The first-order valence-electron chi connectivity index (χ1n) is 9.12. The lowest BCUT2D eigenvalue weighted by Crippen LogP contribution is -2.28. The number of amides is 1. The van der Waals surface area contributed by atoms with Gasteiger partial charge in [-0.15, -0.1) is 0 Å². The third kappa shape index (κ3) is 4.80. The van der Waals surface area contributed by atoms with Crippen molar-refractivity contribution < 1.29 is 9.32 Å². The molecule has 1 aliphatic rings. The molecular formula is C20H18BrN5O2S. The number of hydrogen-bond acceptors (Lipinski definition) is 5. The number of anilines is 2. The monoisotopic (exact) mass is 471 g/mol. The summed E-state index contributed by atoms with van der Waals surface area (Å²) in [4.78, 5) is 18.0. The minimum atomic E-state index is 0.171. The van der Waals surface area contributed by atoms with Gasteiger partial charge in [0.05, 0.1) is 6.54 Å². The van der Waals surface area contributed by atoms with Crippen molar-refractivity contribution in [2.45, 2.75) is 19.4 Å². The van der Waals surface area contributed by atoms with E-state index < -0.39 is 0 Å². The van der Waals surface area contributed by atoms with Gasteiger partial charge in [0.2, 0.25) is 17.6 Å². The number of carbonyl (C=O) groups is 1. The van der Waals surface area contributed by atoms with E-state index in [0.29, 0.717) is 29.8 Å². The number of benzene rings is 2. The molecule has 1 fully saturated rings. The van der Waals surface area contributed by atoms with Crippen LogP contribution in [0.15, 0.2) is 57.5 Å². The average molecular weight is 472 g/mol. The second-order valence-electron chi connectivity index (χ2n) is 6.53. The van der Waals surface area contributed by atoms with Gasteiger partial charge >= 0.3 is 0 Å². The lowest BCUT2D eigenvalue weighted by Gasteiger charge is -2.16. The van der Waals surface area contributed by atoms with E-state index >= 15 is 0 Å². The highest BCUT2D eigenvalue weighted by Gasteiger charge is 2.21. The van der Waals surface area contributed by atoms with Crippen molar-refractivity contribution in [2.24, 2.45) is 0 Å². The van der Waals surface area contributed by atoms with Crippen molar-refractivity contribution >= 4 is 50.5 Å². The van der Waals surface area contributed by atoms with Crippen LogP contribution in [0.1, 0.15) is 18.7 Å². The maximum atomic E-state index is 11.8. The molecule has 7 nitrogen and oxygen atoms in total. The summed E-state index contributed by atoms with van der Waals surface area (Å²) in [6.45, 7) is 1.09. The molecule has 3 aromatic rings. The van der Waals surface area contributed by atoms with Crippen LogP contribution in [0, 0.1) is 0 Å². The molecule has 0 aliphatic carbocycles. The van der Waals surface area contributed by atoms with E-state index in [1.54, 1.807) is 4.90 Å². The lowest BCUT2D eigenvalue weighted by atomic mass is 10.2. The van der Waals surface area contributed by atoms with Gasteiger partial charge in [-0.3, -0.25) is 4.79 Å². The Morgan fingerprint density at radius 1 is 1.24 bits per heavy atom. The first kappa shape index (κ1) is 19.5. The third-order valence-electron chi connectivity index (χ3n) is 4.46. The van der Waals surface area contributed by atoms with E-state index in [2.05, 4.69) is 36.7 Å². The number of nitrogens with zero attached hydrogens (tertiary/aromatic N) is 3. The highest BCUT2D eigenvalue weighted by atomic mass is 79.9. The molecule has 29 heavy (non-hydrogen) atoms.